The van der Waals surface area contributed by atoms with Crippen LogP contribution in [0.15, 0.2) is 97.2 Å². The van der Waals surface area contributed by atoms with Crippen LogP contribution in [0.5, 0.6) is 0 Å². The predicted molar refractivity (Wildman–Crippen MR) is 291 cm³/mol. The van der Waals surface area contributed by atoms with Crippen molar-refractivity contribution in [2.75, 3.05) is 6.61 Å². The van der Waals surface area contributed by atoms with Crippen LogP contribution in [0, 0.1) is 0 Å². The lowest BCUT2D eigenvalue weighted by atomic mass is 10.0. The summed E-state index contributed by atoms with van der Waals surface area (Å²) >= 11 is 0. The number of rotatable bonds is 49. The first kappa shape index (κ1) is 63.8. The highest BCUT2D eigenvalue weighted by atomic mass is 16.5. The Morgan fingerprint density at radius 3 is 1.39 bits per heavy atom. The molecule has 0 aliphatic rings. The molecule has 0 aromatic heterocycles. The standard InChI is InChI=1S/C61H105NO5/c1-4-7-10-13-16-19-22-25-28-30-32-34-37-40-43-46-49-52-57(67-61(66)54-51-48-45-42-39-36-31-27-24-21-18-15-12-9-6-3)55-60(65)62-58(56-63)59(64)53-50-47-44-41-38-35-33-29-26-23-20-17-14-11-8-5-2/h9,12,15-16,18-19,21,24-25,27-28,31-32,34,36,39,57-59,63-64H,4-8,10-11,13-14,17,20,22-23,26,29-30,33,35,37-38,40-56H2,1-3H3,(H,62,65)/b12-9+,18-15+,19-16-,24-21-,28-25-,31-27-,34-32-,39-36+. The third kappa shape index (κ3) is 49.0. The van der Waals surface area contributed by atoms with Crippen LogP contribution >= 0.6 is 0 Å². The first-order chi connectivity index (χ1) is 33.0. The molecule has 0 aliphatic heterocycles. The number of hydrogen-bond donors (Lipinski definition) is 3. The summed E-state index contributed by atoms with van der Waals surface area (Å²) in [5, 5.41) is 23.9. The molecule has 0 rings (SSSR count). The molecule has 6 nitrogen and oxygen atoms in total. The molecule has 0 aliphatic carbocycles. The van der Waals surface area contributed by atoms with E-state index in [0.717, 1.165) is 96.3 Å². The van der Waals surface area contributed by atoms with Crippen molar-refractivity contribution in [1.82, 2.24) is 5.32 Å². The number of aliphatic hydroxyl groups excluding tert-OH is 2. The highest BCUT2D eigenvalue weighted by molar-refractivity contribution is 5.77. The largest absolute Gasteiger partial charge is 0.462 e. The summed E-state index contributed by atoms with van der Waals surface area (Å²) in [5.74, 6) is -0.548. The predicted octanol–water partition coefficient (Wildman–Crippen LogP) is 17.3. The monoisotopic (exact) mass is 932 g/mol. The summed E-state index contributed by atoms with van der Waals surface area (Å²) in [6.07, 6.45) is 71.8. The number of nitrogens with one attached hydrogen (secondary N) is 1. The molecule has 0 heterocycles. The van der Waals surface area contributed by atoms with Gasteiger partial charge in [0.1, 0.15) is 6.10 Å². The van der Waals surface area contributed by atoms with Gasteiger partial charge in [-0.2, -0.15) is 0 Å². The summed E-state index contributed by atoms with van der Waals surface area (Å²) in [5.41, 5.74) is 0. The molecule has 0 saturated carbocycles. The van der Waals surface area contributed by atoms with Gasteiger partial charge in [-0.05, 0) is 83.5 Å². The molecule has 3 N–H and O–H groups in total. The smallest absolute Gasteiger partial charge is 0.306 e. The molecular formula is C61H105NO5. The van der Waals surface area contributed by atoms with Crippen LogP contribution in [0.2, 0.25) is 0 Å². The van der Waals surface area contributed by atoms with E-state index in [0.29, 0.717) is 19.3 Å². The van der Waals surface area contributed by atoms with Gasteiger partial charge in [0.25, 0.3) is 0 Å². The lowest BCUT2D eigenvalue weighted by Gasteiger charge is -2.24. The molecule has 1 amide bonds. The van der Waals surface area contributed by atoms with Gasteiger partial charge in [0.2, 0.25) is 5.91 Å². The van der Waals surface area contributed by atoms with E-state index in [2.05, 4.69) is 80.8 Å². The average molecular weight is 933 g/mol. The maximum absolute atomic E-state index is 13.3. The van der Waals surface area contributed by atoms with Crippen LogP contribution < -0.4 is 5.32 Å². The molecule has 0 radical (unpaired) electrons. The summed E-state index contributed by atoms with van der Waals surface area (Å²) in [6, 6.07) is -0.725. The number of amides is 1. The van der Waals surface area contributed by atoms with Gasteiger partial charge >= 0.3 is 5.97 Å². The topological polar surface area (TPSA) is 95.9 Å². The Morgan fingerprint density at radius 1 is 0.463 bits per heavy atom. The first-order valence-corrected chi connectivity index (χ1v) is 28.0. The number of unbranched alkanes of at least 4 members (excludes halogenated alkanes) is 25. The fraction of sp³-hybridized carbons (Fsp3) is 0.705. The van der Waals surface area contributed by atoms with Crippen molar-refractivity contribution in [2.45, 2.75) is 270 Å². The molecular weight excluding hydrogens is 827 g/mol. The Hall–Kier alpha value is -3.22. The van der Waals surface area contributed by atoms with E-state index in [1.54, 1.807) is 0 Å². The molecule has 0 bridgehead atoms. The van der Waals surface area contributed by atoms with Crippen LogP contribution in [0.1, 0.15) is 252 Å². The van der Waals surface area contributed by atoms with Gasteiger partial charge in [0.15, 0.2) is 0 Å². The summed E-state index contributed by atoms with van der Waals surface area (Å²) in [6.45, 7) is 6.31. The van der Waals surface area contributed by atoms with E-state index in [4.69, 9.17) is 4.74 Å². The minimum atomic E-state index is -0.808. The highest BCUT2D eigenvalue weighted by Crippen LogP contribution is 2.18. The zero-order valence-electron chi connectivity index (χ0n) is 43.8. The second-order valence-electron chi connectivity index (χ2n) is 18.7. The second kappa shape index (κ2) is 53.7. The first-order valence-electron chi connectivity index (χ1n) is 28.0. The van der Waals surface area contributed by atoms with Gasteiger partial charge in [0.05, 0.1) is 25.2 Å². The molecule has 0 spiro atoms. The maximum atomic E-state index is 13.3. The Balaban J connectivity index is 4.69. The zero-order valence-corrected chi connectivity index (χ0v) is 43.8. The summed E-state index contributed by atoms with van der Waals surface area (Å²) in [4.78, 5) is 26.2. The number of esters is 1. The van der Waals surface area contributed by atoms with Crippen LogP contribution in [-0.2, 0) is 14.3 Å². The van der Waals surface area contributed by atoms with E-state index in [1.165, 1.54) is 109 Å². The van der Waals surface area contributed by atoms with Crippen molar-refractivity contribution >= 4 is 11.9 Å². The van der Waals surface area contributed by atoms with Crippen molar-refractivity contribution in [3.8, 4) is 0 Å². The number of hydrogen-bond acceptors (Lipinski definition) is 5. The molecule has 0 aromatic rings. The van der Waals surface area contributed by atoms with Gasteiger partial charge in [-0.25, -0.2) is 0 Å². The molecule has 6 heteroatoms. The maximum Gasteiger partial charge on any atom is 0.306 e. The number of ether oxygens (including phenoxy) is 1. The van der Waals surface area contributed by atoms with Crippen LogP contribution in [0.3, 0.4) is 0 Å². The molecule has 0 saturated heterocycles. The lowest BCUT2D eigenvalue weighted by Crippen LogP contribution is -2.46. The third-order valence-electron chi connectivity index (χ3n) is 12.3. The Kier molecular flexibility index (Phi) is 51.1. The summed E-state index contributed by atoms with van der Waals surface area (Å²) in [7, 11) is 0. The zero-order chi connectivity index (χ0) is 48.8. The third-order valence-corrected chi connectivity index (χ3v) is 12.3. The number of carbonyl (C=O) groups excluding carboxylic acids is 2. The lowest BCUT2D eigenvalue weighted by molar-refractivity contribution is -0.151. The Labute approximate surface area is 414 Å². The minimum absolute atomic E-state index is 0.0403. The Morgan fingerprint density at radius 2 is 0.866 bits per heavy atom. The highest BCUT2D eigenvalue weighted by Gasteiger charge is 2.24. The number of carbonyl (C=O) groups is 2. The van der Waals surface area contributed by atoms with E-state index in [1.807, 2.05) is 42.5 Å². The molecule has 0 fully saturated rings. The molecule has 0 aromatic carbocycles. The van der Waals surface area contributed by atoms with Crippen molar-refractivity contribution in [2.24, 2.45) is 0 Å². The fourth-order valence-electron chi connectivity index (χ4n) is 8.05. The van der Waals surface area contributed by atoms with Gasteiger partial charge in [-0.3, -0.25) is 9.59 Å². The van der Waals surface area contributed by atoms with E-state index in [-0.39, 0.29) is 24.9 Å². The van der Waals surface area contributed by atoms with E-state index >= 15 is 0 Å². The van der Waals surface area contributed by atoms with E-state index in [9.17, 15) is 19.8 Å². The quantitative estimate of drug-likeness (QED) is 0.0244. The van der Waals surface area contributed by atoms with Gasteiger partial charge in [-0.15, -0.1) is 0 Å². The van der Waals surface area contributed by atoms with Crippen molar-refractivity contribution in [1.29, 1.82) is 0 Å². The van der Waals surface area contributed by atoms with Gasteiger partial charge in [-0.1, -0.05) is 253 Å². The fourth-order valence-corrected chi connectivity index (χ4v) is 8.05. The SMILES string of the molecule is CC/C=C/C=C/C=C\C=C/C=C/CCCCCC(=O)OC(CCCCCC/C=C\C/C=C\C/C=C\CCCCC)CC(=O)NC(CO)C(O)CCCCCCCCCCCCCCCCCC. The minimum Gasteiger partial charge on any atom is -0.462 e. The van der Waals surface area contributed by atoms with Crippen LogP contribution in [0.25, 0.3) is 0 Å². The Bertz CT molecular complexity index is 1320. The number of aliphatic hydroxyl groups is 2. The molecule has 3 atom stereocenters. The summed E-state index contributed by atoms with van der Waals surface area (Å²) < 4.78 is 5.92. The average Bonchev–Trinajstić information content (AvgIpc) is 3.32. The number of allylic oxidation sites excluding steroid dienone is 16. The normalized spacial score (nSPS) is 13.9. The van der Waals surface area contributed by atoms with Crippen LogP contribution in [0.4, 0.5) is 0 Å². The van der Waals surface area contributed by atoms with Crippen molar-refractivity contribution in [3.63, 3.8) is 0 Å². The molecule has 384 valence electrons. The molecule has 3 unspecified atom stereocenters. The molecule has 67 heavy (non-hydrogen) atoms. The van der Waals surface area contributed by atoms with E-state index < -0.39 is 18.2 Å². The van der Waals surface area contributed by atoms with Crippen molar-refractivity contribution in [3.05, 3.63) is 97.2 Å². The second-order valence-corrected chi connectivity index (χ2v) is 18.7. The van der Waals surface area contributed by atoms with Gasteiger partial charge < -0.3 is 20.3 Å². The van der Waals surface area contributed by atoms with Crippen LogP contribution in [-0.4, -0.2) is 46.9 Å². The van der Waals surface area contributed by atoms with Gasteiger partial charge in [0, 0.05) is 6.42 Å². The van der Waals surface area contributed by atoms with Crippen molar-refractivity contribution < 1.29 is 24.5 Å².